The average molecular weight is 295 g/mol. The van der Waals surface area contributed by atoms with E-state index in [-0.39, 0.29) is 18.1 Å². The fourth-order valence-corrected chi connectivity index (χ4v) is 1.87. The van der Waals surface area contributed by atoms with Crippen molar-refractivity contribution in [3.8, 4) is 0 Å². The van der Waals surface area contributed by atoms with Gasteiger partial charge in [-0.15, -0.1) is 0 Å². The Hall–Kier alpha value is -2.41. The number of hydrogen-bond acceptors (Lipinski definition) is 4. The maximum Gasteiger partial charge on any atom is 0.269 e. The Balaban J connectivity index is 2.03. The van der Waals surface area contributed by atoms with Crippen LogP contribution >= 0.6 is 11.6 Å². The van der Waals surface area contributed by atoms with Gasteiger partial charge in [0, 0.05) is 24.7 Å². The van der Waals surface area contributed by atoms with Crippen LogP contribution in [0.1, 0.15) is 16.1 Å². The largest absolute Gasteiger partial charge is 0.346 e. The zero-order valence-corrected chi connectivity index (χ0v) is 11.3. The predicted octanol–water partition coefficient (Wildman–Crippen LogP) is 1.91. The zero-order valence-electron chi connectivity index (χ0n) is 10.5. The van der Waals surface area contributed by atoms with Crippen molar-refractivity contribution in [3.63, 3.8) is 0 Å². The van der Waals surface area contributed by atoms with Gasteiger partial charge in [0.15, 0.2) is 0 Å². The molecule has 0 atom stereocenters. The molecule has 2 aromatic rings. The summed E-state index contributed by atoms with van der Waals surface area (Å²) < 4.78 is 1.57. The van der Waals surface area contributed by atoms with E-state index in [9.17, 15) is 14.9 Å². The van der Waals surface area contributed by atoms with E-state index in [1.165, 1.54) is 30.5 Å². The molecule has 0 aliphatic carbocycles. The lowest BCUT2D eigenvalue weighted by Crippen LogP contribution is -2.24. The molecule has 0 saturated heterocycles. The lowest BCUT2D eigenvalue weighted by molar-refractivity contribution is -0.384. The maximum atomic E-state index is 11.9. The van der Waals surface area contributed by atoms with E-state index in [2.05, 4.69) is 10.4 Å². The first-order chi connectivity index (χ1) is 9.49. The van der Waals surface area contributed by atoms with Gasteiger partial charge in [0.25, 0.3) is 11.6 Å². The SMILES string of the molecule is Cn1ncc(Cl)c1CNC(=O)c1ccc([N+](=O)[O-])cc1. The Kier molecular flexibility index (Phi) is 3.99. The van der Waals surface area contributed by atoms with Crippen LogP contribution in [0, 0.1) is 10.1 Å². The van der Waals surface area contributed by atoms with Crippen molar-refractivity contribution >= 4 is 23.2 Å². The highest BCUT2D eigenvalue weighted by atomic mass is 35.5. The molecule has 2 rings (SSSR count). The number of nitrogens with one attached hydrogen (secondary N) is 1. The van der Waals surface area contributed by atoms with Gasteiger partial charge >= 0.3 is 0 Å². The van der Waals surface area contributed by atoms with E-state index >= 15 is 0 Å². The van der Waals surface area contributed by atoms with Gasteiger partial charge in [-0.3, -0.25) is 19.6 Å². The highest BCUT2D eigenvalue weighted by Crippen LogP contribution is 2.14. The van der Waals surface area contributed by atoms with Crippen molar-refractivity contribution in [2.75, 3.05) is 0 Å². The van der Waals surface area contributed by atoms with Crippen LogP contribution in [0.4, 0.5) is 5.69 Å². The van der Waals surface area contributed by atoms with Crippen molar-refractivity contribution in [1.29, 1.82) is 0 Å². The number of nitro groups is 1. The number of nitro benzene ring substituents is 1. The molecule has 0 saturated carbocycles. The number of carbonyl (C=O) groups excluding carboxylic acids is 1. The third-order valence-corrected chi connectivity index (χ3v) is 3.08. The molecule has 1 N–H and O–H groups in total. The smallest absolute Gasteiger partial charge is 0.269 e. The third-order valence-electron chi connectivity index (χ3n) is 2.77. The van der Waals surface area contributed by atoms with Gasteiger partial charge in [0.2, 0.25) is 0 Å². The molecule has 7 nitrogen and oxygen atoms in total. The second-order valence-corrected chi connectivity index (χ2v) is 4.46. The van der Waals surface area contributed by atoms with E-state index in [1.807, 2.05) is 0 Å². The quantitative estimate of drug-likeness (QED) is 0.689. The van der Waals surface area contributed by atoms with Crippen LogP contribution in [0.15, 0.2) is 30.5 Å². The molecule has 20 heavy (non-hydrogen) atoms. The number of carbonyl (C=O) groups is 1. The number of amides is 1. The highest BCUT2D eigenvalue weighted by molar-refractivity contribution is 6.31. The van der Waals surface area contributed by atoms with Crippen LogP contribution in [0.3, 0.4) is 0 Å². The van der Waals surface area contributed by atoms with E-state index in [4.69, 9.17) is 11.6 Å². The first-order valence-electron chi connectivity index (χ1n) is 5.68. The van der Waals surface area contributed by atoms with Crippen LogP contribution < -0.4 is 5.32 Å². The van der Waals surface area contributed by atoms with Gasteiger partial charge in [-0.25, -0.2) is 0 Å². The Morgan fingerprint density at radius 3 is 2.60 bits per heavy atom. The van der Waals surface area contributed by atoms with Crippen LogP contribution in [0.5, 0.6) is 0 Å². The van der Waals surface area contributed by atoms with Crippen molar-refractivity contribution in [3.05, 3.63) is 56.9 Å². The van der Waals surface area contributed by atoms with E-state index in [0.29, 0.717) is 16.3 Å². The molecule has 8 heteroatoms. The minimum absolute atomic E-state index is 0.0590. The van der Waals surface area contributed by atoms with Crippen LogP contribution in [-0.4, -0.2) is 20.6 Å². The second kappa shape index (κ2) is 5.70. The summed E-state index contributed by atoms with van der Waals surface area (Å²) >= 11 is 5.92. The fraction of sp³-hybridized carbons (Fsp3) is 0.167. The monoisotopic (exact) mass is 294 g/mol. The predicted molar refractivity (Wildman–Crippen MR) is 72.5 cm³/mol. The molecule has 1 amide bonds. The van der Waals surface area contributed by atoms with Crippen LogP contribution in [-0.2, 0) is 13.6 Å². The summed E-state index contributed by atoms with van der Waals surface area (Å²) in [6.45, 7) is 0.227. The van der Waals surface area contributed by atoms with Gasteiger partial charge in [-0.05, 0) is 12.1 Å². The molecule has 0 spiro atoms. The van der Waals surface area contributed by atoms with Gasteiger partial charge in [-0.2, -0.15) is 5.10 Å². The maximum absolute atomic E-state index is 11.9. The van der Waals surface area contributed by atoms with E-state index in [0.717, 1.165) is 0 Å². The molecule has 0 radical (unpaired) electrons. The summed E-state index contributed by atoms with van der Waals surface area (Å²) in [5.41, 5.74) is 0.965. The molecule has 1 heterocycles. The molecular formula is C12H11ClN4O3. The van der Waals surface area contributed by atoms with Gasteiger partial charge < -0.3 is 5.32 Å². The van der Waals surface area contributed by atoms with Crippen molar-refractivity contribution in [2.45, 2.75) is 6.54 Å². The Morgan fingerprint density at radius 1 is 1.45 bits per heavy atom. The summed E-state index contributed by atoms with van der Waals surface area (Å²) in [5.74, 6) is -0.336. The van der Waals surface area contributed by atoms with Crippen LogP contribution in [0.25, 0.3) is 0 Å². The normalized spacial score (nSPS) is 10.3. The Labute approximate surface area is 119 Å². The summed E-state index contributed by atoms with van der Waals surface area (Å²) in [5, 5.41) is 17.6. The minimum atomic E-state index is -0.517. The lowest BCUT2D eigenvalue weighted by atomic mass is 10.2. The second-order valence-electron chi connectivity index (χ2n) is 4.05. The first kappa shape index (κ1) is 14.0. The minimum Gasteiger partial charge on any atom is -0.346 e. The van der Waals surface area contributed by atoms with Crippen molar-refractivity contribution in [1.82, 2.24) is 15.1 Å². The van der Waals surface area contributed by atoms with Crippen LogP contribution in [0.2, 0.25) is 5.02 Å². The van der Waals surface area contributed by atoms with E-state index in [1.54, 1.807) is 11.7 Å². The summed E-state index contributed by atoms with van der Waals surface area (Å²) in [6.07, 6.45) is 1.49. The number of nitrogens with zero attached hydrogens (tertiary/aromatic N) is 3. The van der Waals surface area contributed by atoms with Gasteiger partial charge in [0.1, 0.15) is 0 Å². The molecule has 0 fully saturated rings. The number of non-ortho nitro benzene ring substituents is 1. The molecule has 104 valence electrons. The molecule has 1 aromatic heterocycles. The Morgan fingerprint density at radius 2 is 2.10 bits per heavy atom. The molecular weight excluding hydrogens is 284 g/mol. The number of aromatic nitrogens is 2. The average Bonchev–Trinajstić information content (AvgIpc) is 2.75. The standard InChI is InChI=1S/C12H11ClN4O3/c1-16-11(10(13)6-15-16)7-14-12(18)8-2-4-9(5-3-8)17(19)20/h2-6H,7H2,1H3,(H,14,18). The van der Waals surface area contributed by atoms with Gasteiger partial charge in [0.05, 0.1) is 28.4 Å². The zero-order chi connectivity index (χ0) is 14.7. The highest BCUT2D eigenvalue weighted by Gasteiger charge is 2.11. The Bertz CT molecular complexity index is 632. The summed E-state index contributed by atoms with van der Waals surface area (Å²) in [7, 11) is 1.72. The summed E-state index contributed by atoms with van der Waals surface area (Å²) in [4.78, 5) is 21.9. The molecule has 0 unspecified atom stereocenters. The molecule has 0 aliphatic rings. The number of rotatable bonds is 4. The molecule has 0 aliphatic heterocycles. The third kappa shape index (κ3) is 2.94. The molecule has 1 aromatic carbocycles. The van der Waals surface area contributed by atoms with Crippen molar-refractivity contribution < 1.29 is 9.72 Å². The topological polar surface area (TPSA) is 90.1 Å². The fourth-order valence-electron chi connectivity index (χ4n) is 1.64. The first-order valence-corrected chi connectivity index (χ1v) is 6.06. The number of halogens is 1. The van der Waals surface area contributed by atoms with Crippen molar-refractivity contribution in [2.24, 2.45) is 7.05 Å². The van der Waals surface area contributed by atoms with E-state index < -0.39 is 4.92 Å². The number of aryl methyl sites for hydroxylation is 1. The molecule has 0 bridgehead atoms. The lowest BCUT2D eigenvalue weighted by Gasteiger charge is -2.06. The summed E-state index contributed by atoms with van der Waals surface area (Å²) in [6, 6.07) is 5.37. The van der Waals surface area contributed by atoms with Gasteiger partial charge in [-0.1, -0.05) is 11.6 Å². The number of benzene rings is 1. The number of hydrogen-bond donors (Lipinski definition) is 1.